The van der Waals surface area contributed by atoms with Gasteiger partial charge in [-0.1, -0.05) is 0 Å². The van der Waals surface area contributed by atoms with Gasteiger partial charge in [0.2, 0.25) is 0 Å². The molecule has 1 fully saturated rings. The summed E-state index contributed by atoms with van der Waals surface area (Å²) in [7, 11) is 0. The number of nitrogen functional groups attached to an aromatic ring is 1. The summed E-state index contributed by atoms with van der Waals surface area (Å²) in [4.78, 5) is 21.4. The van der Waals surface area contributed by atoms with Gasteiger partial charge in [0.25, 0.3) is 5.69 Å². The highest BCUT2D eigenvalue weighted by molar-refractivity contribution is 5.73. The SMILES string of the molecule is Nc1cc([N+](=O)[O-])ccc1N1CCNCCNCCNCC1.O=C(O)C(F)(F)F. The van der Waals surface area contributed by atoms with Gasteiger partial charge in [0.15, 0.2) is 0 Å². The van der Waals surface area contributed by atoms with Crippen molar-refractivity contribution in [2.24, 2.45) is 0 Å². The van der Waals surface area contributed by atoms with Gasteiger partial charge in [-0.15, -0.1) is 0 Å². The Morgan fingerprint density at radius 2 is 1.52 bits per heavy atom. The molecule has 13 heteroatoms. The number of nitrogens with zero attached hydrogens (tertiary/aromatic N) is 2. The molecule has 0 unspecified atom stereocenters. The first-order valence-corrected chi connectivity index (χ1v) is 8.84. The number of rotatable bonds is 2. The summed E-state index contributed by atoms with van der Waals surface area (Å²) in [6.07, 6.45) is -5.08. The zero-order chi connectivity index (χ0) is 21.9. The van der Waals surface area contributed by atoms with Gasteiger partial charge < -0.3 is 31.7 Å². The molecule has 164 valence electrons. The van der Waals surface area contributed by atoms with Crippen molar-refractivity contribution in [2.75, 3.05) is 63.0 Å². The fourth-order valence-electron chi connectivity index (χ4n) is 2.45. The molecule has 1 saturated heterocycles. The van der Waals surface area contributed by atoms with Gasteiger partial charge in [0, 0.05) is 64.5 Å². The van der Waals surface area contributed by atoms with E-state index in [9.17, 15) is 23.3 Å². The van der Waals surface area contributed by atoms with Crippen LogP contribution in [-0.4, -0.2) is 74.5 Å². The average Bonchev–Trinajstić information content (AvgIpc) is 2.62. The number of anilines is 2. The van der Waals surface area contributed by atoms with Crippen molar-refractivity contribution in [1.29, 1.82) is 0 Å². The summed E-state index contributed by atoms with van der Waals surface area (Å²) in [5.74, 6) is -2.76. The minimum absolute atomic E-state index is 0.0259. The third kappa shape index (κ3) is 9.40. The highest BCUT2D eigenvalue weighted by Crippen LogP contribution is 2.27. The number of carboxylic acids is 1. The number of hydrogen-bond acceptors (Lipinski definition) is 8. The van der Waals surface area contributed by atoms with Gasteiger partial charge in [0.1, 0.15) is 0 Å². The van der Waals surface area contributed by atoms with E-state index in [0.717, 1.165) is 58.0 Å². The van der Waals surface area contributed by atoms with Gasteiger partial charge in [-0.2, -0.15) is 13.2 Å². The van der Waals surface area contributed by atoms with Crippen LogP contribution >= 0.6 is 0 Å². The molecule has 0 bridgehead atoms. The summed E-state index contributed by atoms with van der Waals surface area (Å²) >= 11 is 0. The zero-order valence-electron chi connectivity index (χ0n) is 15.7. The van der Waals surface area contributed by atoms with Gasteiger partial charge in [-0.25, -0.2) is 4.79 Å². The first kappa shape index (κ1) is 24.4. The number of non-ortho nitro benzene ring substituents is 1. The molecular formula is C16H25F3N6O4. The normalized spacial score (nSPS) is 16.6. The molecule has 1 heterocycles. The Balaban J connectivity index is 0.000000516. The summed E-state index contributed by atoms with van der Waals surface area (Å²) in [6, 6.07) is 4.67. The molecule has 0 saturated carbocycles. The van der Waals surface area contributed by atoms with E-state index in [-0.39, 0.29) is 5.69 Å². The first-order valence-electron chi connectivity index (χ1n) is 8.84. The number of carbonyl (C=O) groups is 1. The van der Waals surface area contributed by atoms with Crippen molar-refractivity contribution in [3.05, 3.63) is 28.3 Å². The van der Waals surface area contributed by atoms with Crippen LogP contribution in [0.4, 0.5) is 30.2 Å². The third-order valence-electron chi connectivity index (χ3n) is 3.88. The van der Waals surface area contributed by atoms with Gasteiger partial charge >= 0.3 is 12.1 Å². The van der Waals surface area contributed by atoms with Crippen LogP contribution in [0.15, 0.2) is 18.2 Å². The quantitative estimate of drug-likeness (QED) is 0.260. The second-order valence-electron chi connectivity index (χ2n) is 6.04. The van der Waals surface area contributed by atoms with E-state index in [0.29, 0.717) is 5.69 Å². The molecule has 10 nitrogen and oxygen atoms in total. The fraction of sp³-hybridized carbons (Fsp3) is 0.562. The number of hydrogen-bond donors (Lipinski definition) is 5. The number of nitro groups is 1. The molecule has 1 aromatic rings. The van der Waals surface area contributed by atoms with Gasteiger partial charge in [0.05, 0.1) is 16.3 Å². The van der Waals surface area contributed by atoms with E-state index in [2.05, 4.69) is 20.9 Å². The highest BCUT2D eigenvalue weighted by atomic mass is 19.4. The first-order chi connectivity index (χ1) is 13.6. The number of nitro benzene ring substituents is 1. The number of nitrogens with two attached hydrogens (primary N) is 1. The van der Waals surface area contributed by atoms with Crippen LogP contribution in [0.1, 0.15) is 0 Å². The Morgan fingerprint density at radius 1 is 1.07 bits per heavy atom. The molecule has 2 rings (SSSR count). The Hall–Kier alpha value is -2.64. The van der Waals surface area contributed by atoms with Crippen molar-refractivity contribution in [3.8, 4) is 0 Å². The molecule has 0 spiro atoms. The second kappa shape index (κ2) is 12.0. The van der Waals surface area contributed by atoms with E-state index in [4.69, 9.17) is 15.6 Å². The lowest BCUT2D eigenvalue weighted by Crippen LogP contribution is -2.42. The van der Waals surface area contributed by atoms with Crippen LogP contribution in [0, 0.1) is 10.1 Å². The highest BCUT2D eigenvalue weighted by Gasteiger charge is 2.38. The lowest BCUT2D eigenvalue weighted by molar-refractivity contribution is -0.384. The van der Waals surface area contributed by atoms with Crippen molar-refractivity contribution < 1.29 is 28.0 Å². The molecular weight excluding hydrogens is 397 g/mol. The maximum absolute atomic E-state index is 10.8. The lowest BCUT2D eigenvalue weighted by atomic mass is 10.2. The minimum Gasteiger partial charge on any atom is -0.475 e. The maximum Gasteiger partial charge on any atom is 0.490 e. The van der Waals surface area contributed by atoms with Crippen molar-refractivity contribution in [1.82, 2.24) is 16.0 Å². The summed E-state index contributed by atoms with van der Waals surface area (Å²) in [5.41, 5.74) is 7.33. The average molecular weight is 422 g/mol. The largest absolute Gasteiger partial charge is 0.490 e. The van der Waals surface area contributed by atoms with E-state index in [1.807, 2.05) is 0 Å². The molecule has 0 atom stereocenters. The molecule has 0 aromatic heterocycles. The lowest BCUT2D eigenvalue weighted by Gasteiger charge is -2.27. The molecule has 0 radical (unpaired) electrons. The zero-order valence-corrected chi connectivity index (χ0v) is 15.7. The van der Waals surface area contributed by atoms with Crippen molar-refractivity contribution >= 4 is 23.0 Å². The van der Waals surface area contributed by atoms with Crippen LogP contribution in [0.25, 0.3) is 0 Å². The van der Waals surface area contributed by atoms with E-state index in [1.165, 1.54) is 12.1 Å². The third-order valence-corrected chi connectivity index (χ3v) is 3.88. The Kier molecular flexibility index (Phi) is 10.1. The number of halogens is 3. The maximum atomic E-state index is 10.8. The van der Waals surface area contributed by atoms with E-state index >= 15 is 0 Å². The molecule has 1 aliphatic rings. The van der Waals surface area contributed by atoms with Crippen LogP contribution < -0.4 is 26.6 Å². The summed E-state index contributed by atoms with van der Waals surface area (Å²) in [5, 5.41) is 28.0. The monoisotopic (exact) mass is 422 g/mol. The second-order valence-corrected chi connectivity index (χ2v) is 6.04. The van der Waals surface area contributed by atoms with E-state index < -0.39 is 17.1 Å². The molecule has 0 amide bonds. The minimum atomic E-state index is -5.08. The van der Waals surface area contributed by atoms with Crippen molar-refractivity contribution in [3.63, 3.8) is 0 Å². The molecule has 1 aliphatic heterocycles. The molecule has 0 aliphatic carbocycles. The number of alkyl halides is 3. The number of nitrogens with one attached hydrogen (secondary N) is 3. The molecule has 29 heavy (non-hydrogen) atoms. The van der Waals surface area contributed by atoms with Crippen LogP contribution in [0.5, 0.6) is 0 Å². The number of aliphatic carboxylic acids is 1. The standard InChI is InChI=1S/C14H24N6O2.C2HF3O2/c15-13-11-12(20(21)22)1-2-14(13)19-9-7-17-5-3-16-4-6-18-8-10-19;3-2(4,5)1(6)7/h1-2,11,16-18H,3-10,15H2;(H,6,7). The van der Waals surface area contributed by atoms with Gasteiger partial charge in [-0.05, 0) is 6.07 Å². The van der Waals surface area contributed by atoms with Crippen LogP contribution in [-0.2, 0) is 4.79 Å². The number of benzene rings is 1. The van der Waals surface area contributed by atoms with E-state index in [1.54, 1.807) is 6.07 Å². The topological polar surface area (TPSA) is 146 Å². The van der Waals surface area contributed by atoms with Crippen LogP contribution in [0.3, 0.4) is 0 Å². The smallest absolute Gasteiger partial charge is 0.475 e. The Labute approximate surface area is 165 Å². The summed E-state index contributed by atoms with van der Waals surface area (Å²) in [6.45, 7) is 7.04. The van der Waals surface area contributed by atoms with Crippen LogP contribution in [0.2, 0.25) is 0 Å². The molecule has 1 aromatic carbocycles. The Bertz CT molecular complexity index is 663. The predicted octanol–water partition coefficient (Wildman–Crippen LogP) is 0.399. The predicted molar refractivity (Wildman–Crippen MR) is 102 cm³/mol. The summed E-state index contributed by atoms with van der Waals surface area (Å²) < 4.78 is 31.7. The van der Waals surface area contributed by atoms with Gasteiger partial charge in [-0.3, -0.25) is 10.1 Å². The number of carboxylic acid groups (broad SMARTS) is 1. The molecule has 6 N–H and O–H groups in total. The van der Waals surface area contributed by atoms with Crippen molar-refractivity contribution in [2.45, 2.75) is 6.18 Å². The Morgan fingerprint density at radius 3 is 1.90 bits per heavy atom. The fourth-order valence-corrected chi connectivity index (χ4v) is 2.45.